The minimum atomic E-state index is -0.687. The Morgan fingerprint density at radius 2 is 2.12 bits per heavy atom. The standard InChI is InChI=1S/C12H23NO3/c1-10-9-16-11(2)8-13(10)7-5-3-4-6-12(14)15/h10-11H,3-9H2,1-2H3,(H,14,15). The van der Waals surface area contributed by atoms with Crippen LogP contribution in [-0.4, -0.2) is 47.8 Å². The maximum absolute atomic E-state index is 10.3. The molecule has 1 N–H and O–H groups in total. The normalized spacial score (nSPS) is 26.9. The summed E-state index contributed by atoms with van der Waals surface area (Å²) in [5, 5.41) is 8.51. The lowest BCUT2D eigenvalue weighted by Gasteiger charge is -2.36. The summed E-state index contributed by atoms with van der Waals surface area (Å²) in [6, 6.07) is 0.496. The van der Waals surface area contributed by atoms with E-state index >= 15 is 0 Å². The van der Waals surface area contributed by atoms with Gasteiger partial charge in [0.2, 0.25) is 0 Å². The molecular weight excluding hydrogens is 206 g/mol. The van der Waals surface area contributed by atoms with Crippen molar-refractivity contribution in [3.05, 3.63) is 0 Å². The smallest absolute Gasteiger partial charge is 0.303 e. The fourth-order valence-electron chi connectivity index (χ4n) is 2.05. The van der Waals surface area contributed by atoms with Gasteiger partial charge in [0, 0.05) is 19.0 Å². The fourth-order valence-corrected chi connectivity index (χ4v) is 2.05. The molecule has 0 radical (unpaired) electrons. The van der Waals surface area contributed by atoms with Crippen LogP contribution in [0.3, 0.4) is 0 Å². The summed E-state index contributed by atoms with van der Waals surface area (Å²) in [5.74, 6) is -0.687. The van der Waals surface area contributed by atoms with Gasteiger partial charge in [0.25, 0.3) is 0 Å². The monoisotopic (exact) mass is 229 g/mol. The van der Waals surface area contributed by atoms with Gasteiger partial charge in [0.1, 0.15) is 0 Å². The maximum atomic E-state index is 10.3. The van der Waals surface area contributed by atoms with Gasteiger partial charge in [-0.1, -0.05) is 6.42 Å². The lowest BCUT2D eigenvalue weighted by atomic mass is 10.1. The Bertz CT molecular complexity index is 220. The van der Waals surface area contributed by atoms with Crippen LogP contribution < -0.4 is 0 Å². The van der Waals surface area contributed by atoms with Gasteiger partial charge in [-0.15, -0.1) is 0 Å². The minimum absolute atomic E-state index is 0.301. The maximum Gasteiger partial charge on any atom is 0.303 e. The van der Waals surface area contributed by atoms with E-state index in [0.717, 1.165) is 39.0 Å². The van der Waals surface area contributed by atoms with Crippen molar-refractivity contribution >= 4 is 5.97 Å². The lowest BCUT2D eigenvalue weighted by molar-refractivity contribution is -0.137. The van der Waals surface area contributed by atoms with E-state index in [0.29, 0.717) is 18.6 Å². The highest BCUT2D eigenvalue weighted by molar-refractivity contribution is 5.66. The predicted molar refractivity (Wildman–Crippen MR) is 62.6 cm³/mol. The van der Waals surface area contributed by atoms with Gasteiger partial charge in [-0.25, -0.2) is 0 Å². The van der Waals surface area contributed by atoms with Crippen LogP contribution in [0, 0.1) is 0 Å². The number of nitrogens with zero attached hydrogens (tertiary/aromatic N) is 1. The zero-order valence-electron chi connectivity index (χ0n) is 10.3. The molecule has 1 heterocycles. The van der Waals surface area contributed by atoms with Gasteiger partial charge in [-0.3, -0.25) is 9.69 Å². The van der Waals surface area contributed by atoms with Crippen LogP contribution in [0.5, 0.6) is 0 Å². The number of hydrogen-bond acceptors (Lipinski definition) is 3. The van der Waals surface area contributed by atoms with Gasteiger partial charge in [-0.05, 0) is 33.2 Å². The van der Waals surface area contributed by atoms with E-state index < -0.39 is 5.97 Å². The summed E-state index contributed by atoms with van der Waals surface area (Å²) in [4.78, 5) is 12.8. The van der Waals surface area contributed by atoms with Crippen molar-refractivity contribution in [2.75, 3.05) is 19.7 Å². The summed E-state index contributed by atoms with van der Waals surface area (Å²) < 4.78 is 5.56. The van der Waals surface area contributed by atoms with Crippen LogP contribution in [0.1, 0.15) is 39.5 Å². The number of morpholine rings is 1. The summed E-state index contributed by atoms with van der Waals surface area (Å²) in [7, 11) is 0. The van der Waals surface area contributed by atoms with Crippen LogP contribution in [-0.2, 0) is 9.53 Å². The second-order valence-electron chi connectivity index (χ2n) is 4.69. The van der Waals surface area contributed by atoms with E-state index in [1.54, 1.807) is 0 Å². The van der Waals surface area contributed by atoms with Gasteiger partial charge in [-0.2, -0.15) is 0 Å². The number of carbonyl (C=O) groups is 1. The molecule has 1 aliphatic rings. The number of ether oxygens (including phenoxy) is 1. The number of carboxylic acid groups (broad SMARTS) is 1. The Labute approximate surface area is 97.6 Å². The molecule has 1 aliphatic heterocycles. The van der Waals surface area contributed by atoms with Crippen molar-refractivity contribution in [1.29, 1.82) is 0 Å². The molecule has 0 aliphatic carbocycles. The zero-order chi connectivity index (χ0) is 12.0. The van der Waals surface area contributed by atoms with Gasteiger partial charge in [0.05, 0.1) is 12.7 Å². The Kier molecular flexibility index (Phi) is 5.77. The highest BCUT2D eigenvalue weighted by Gasteiger charge is 2.22. The van der Waals surface area contributed by atoms with Gasteiger partial charge < -0.3 is 9.84 Å². The van der Waals surface area contributed by atoms with Gasteiger partial charge >= 0.3 is 5.97 Å². The molecule has 0 bridgehead atoms. The highest BCUT2D eigenvalue weighted by atomic mass is 16.5. The molecule has 2 unspecified atom stereocenters. The van der Waals surface area contributed by atoms with E-state index in [1.807, 2.05) is 0 Å². The molecule has 4 nitrogen and oxygen atoms in total. The van der Waals surface area contributed by atoms with Crippen LogP contribution in [0.15, 0.2) is 0 Å². The molecule has 4 heteroatoms. The van der Waals surface area contributed by atoms with E-state index in [-0.39, 0.29) is 0 Å². The quantitative estimate of drug-likeness (QED) is 0.705. The third-order valence-electron chi connectivity index (χ3n) is 3.07. The number of rotatable bonds is 6. The molecule has 16 heavy (non-hydrogen) atoms. The van der Waals surface area contributed by atoms with Crippen molar-refractivity contribution in [3.8, 4) is 0 Å². The Morgan fingerprint density at radius 3 is 2.81 bits per heavy atom. The van der Waals surface area contributed by atoms with E-state index in [4.69, 9.17) is 9.84 Å². The first-order chi connectivity index (χ1) is 7.59. The SMILES string of the molecule is CC1CN(CCCCCC(=O)O)C(C)CO1. The first kappa shape index (κ1) is 13.5. The largest absolute Gasteiger partial charge is 0.481 e. The number of aliphatic carboxylic acids is 1. The molecule has 0 spiro atoms. The first-order valence-corrected chi connectivity index (χ1v) is 6.17. The summed E-state index contributed by atoms with van der Waals surface area (Å²) in [5.41, 5.74) is 0. The number of hydrogen-bond donors (Lipinski definition) is 1. The average Bonchev–Trinajstić information content (AvgIpc) is 2.22. The third-order valence-corrected chi connectivity index (χ3v) is 3.07. The van der Waals surface area contributed by atoms with Crippen LogP contribution in [0.2, 0.25) is 0 Å². The fraction of sp³-hybridized carbons (Fsp3) is 0.917. The molecule has 1 saturated heterocycles. The average molecular weight is 229 g/mol. The predicted octanol–water partition coefficient (Wildman–Crippen LogP) is 1.74. The lowest BCUT2D eigenvalue weighted by Crippen LogP contribution is -2.47. The second kappa shape index (κ2) is 6.86. The van der Waals surface area contributed by atoms with Crippen molar-refractivity contribution in [2.45, 2.75) is 51.7 Å². The Hall–Kier alpha value is -0.610. The molecule has 0 amide bonds. The number of unbranched alkanes of at least 4 members (excludes halogenated alkanes) is 2. The highest BCUT2D eigenvalue weighted by Crippen LogP contribution is 2.12. The summed E-state index contributed by atoms with van der Waals surface area (Å²) >= 11 is 0. The topological polar surface area (TPSA) is 49.8 Å². The Morgan fingerprint density at radius 1 is 1.38 bits per heavy atom. The van der Waals surface area contributed by atoms with Gasteiger partial charge in [0.15, 0.2) is 0 Å². The number of carboxylic acids is 1. The summed E-state index contributed by atoms with van der Waals surface area (Å²) in [6.07, 6.45) is 3.52. The van der Waals surface area contributed by atoms with Crippen LogP contribution in [0.25, 0.3) is 0 Å². The minimum Gasteiger partial charge on any atom is -0.481 e. The van der Waals surface area contributed by atoms with Crippen molar-refractivity contribution in [2.24, 2.45) is 0 Å². The molecule has 0 aromatic rings. The van der Waals surface area contributed by atoms with E-state index in [9.17, 15) is 4.79 Å². The zero-order valence-corrected chi connectivity index (χ0v) is 10.3. The van der Waals surface area contributed by atoms with E-state index in [1.165, 1.54) is 0 Å². The molecule has 1 fully saturated rings. The van der Waals surface area contributed by atoms with Crippen molar-refractivity contribution < 1.29 is 14.6 Å². The Balaban J connectivity index is 2.09. The molecule has 0 aromatic heterocycles. The van der Waals surface area contributed by atoms with E-state index in [2.05, 4.69) is 18.7 Å². The molecular formula is C12H23NO3. The van der Waals surface area contributed by atoms with Crippen molar-refractivity contribution in [1.82, 2.24) is 4.90 Å². The second-order valence-corrected chi connectivity index (χ2v) is 4.69. The molecule has 2 atom stereocenters. The molecule has 0 saturated carbocycles. The van der Waals surface area contributed by atoms with Crippen molar-refractivity contribution in [3.63, 3.8) is 0 Å². The third kappa shape index (κ3) is 4.94. The molecule has 94 valence electrons. The van der Waals surface area contributed by atoms with Crippen LogP contribution >= 0.6 is 0 Å². The van der Waals surface area contributed by atoms with Crippen LogP contribution in [0.4, 0.5) is 0 Å². The first-order valence-electron chi connectivity index (χ1n) is 6.17. The molecule has 1 rings (SSSR count). The summed E-state index contributed by atoms with van der Waals surface area (Å²) in [6.45, 7) is 7.16. The molecule has 0 aromatic carbocycles.